The highest BCUT2D eigenvalue weighted by atomic mass is 35.5. The number of rotatable bonds is 3. The van der Waals surface area contributed by atoms with Crippen molar-refractivity contribution in [1.29, 1.82) is 0 Å². The summed E-state index contributed by atoms with van der Waals surface area (Å²) in [6, 6.07) is 4.38. The smallest absolute Gasteiger partial charge is 0.271 e. The average Bonchev–Trinajstić information content (AvgIpc) is 3.06. The van der Waals surface area contributed by atoms with E-state index in [2.05, 4.69) is 15.3 Å². The number of nitrogens with one attached hydrogen (secondary N) is 2. The van der Waals surface area contributed by atoms with Crippen LogP contribution in [0.3, 0.4) is 0 Å². The molecule has 0 aliphatic carbocycles. The Kier molecular flexibility index (Phi) is 4.36. The van der Waals surface area contributed by atoms with Gasteiger partial charge in [-0.25, -0.2) is 4.98 Å². The molecule has 0 saturated carbocycles. The molecule has 1 aromatic carbocycles. The van der Waals surface area contributed by atoms with Crippen molar-refractivity contribution in [3.8, 4) is 0 Å². The molecule has 0 spiro atoms. The van der Waals surface area contributed by atoms with Crippen molar-refractivity contribution in [2.75, 3.05) is 13.1 Å². The van der Waals surface area contributed by atoms with Gasteiger partial charge in [0.15, 0.2) is 5.16 Å². The topological polar surface area (TPSA) is 101 Å². The van der Waals surface area contributed by atoms with Gasteiger partial charge in [0.1, 0.15) is 0 Å². The number of fused-ring (bicyclic) bond motifs is 1. The molecule has 9 heteroatoms. The number of non-ortho nitro benzene ring substituents is 1. The molecular formula is C11H13ClN4O3S. The van der Waals surface area contributed by atoms with Gasteiger partial charge in [-0.05, 0) is 19.0 Å². The molecule has 20 heavy (non-hydrogen) atoms. The number of imidazole rings is 1. The van der Waals surface area contributed by atoms with Crippen LogP contribution in [0, 0.1) is 10.1 Å². The number of nitro benzene ring substituents is 1. The first kappa shape index (κ1) is 14.9. The Morgan fingerprint density at radius 2 is 2.25 bits per heavy atom. The predicted octanol–water partition coefficient (Wildman–Crippen LogP) is 1.36. The lowest BCUT2D eigenvalue weighted by atomic mass is 10.3. The highest BCUT2D eigenvalue weighted by Crippen LogP contribution is 2.21. The zero-order valence-corrected chi connectivity index (χ0v) is 12.0. The quantitative estimate of drug-likeness (QED) is 0.657. The molecule has 0 bridgehead atoms. The zero-order valence-electron chi connectivity index (χ0n) is 10.4. The largest absolute Gasteiger partial charge is 0.331 e. The summed E-state index contributed by atoms with van der Waals surface area (Å²) in [5, 5.41) is 14.3. The van der Waals surface area contributed by atoms with E-state index in [-0.39, 0.29) is 23.3 Å². The number of nitrogens with zero attached hydrogens (tertiary/aromatic N) is 2. The molecule has 1 aliphatic heterocycles. The van der Waals surface area contributed by atoms with Crippen molar-refractivity contribution < 1.29 is 9.13 Å². The maximum atomic E-state index is 12.3. The van der Waals surface area contributed by atoms with Crippen LogP contribution < -0.4 is 5.32 Å². The molecule has 108 valence electrons. The van der Waals surface area contributed by atoms with Gasteiger partial charge >= 0.3 is 0 Å². The number of benzene rings is 1. The van der Waals surface area contributed by atoms with Crippen LogP contribution in [0.4, 0.5) is 5.69 Å². The molecule has 0 radical (unpaired) electrons. The third-order valence-electron chi connectivity index (χ3n) is 3.16. The summed E-state index contributed by atoms with van der Waals surface area (Å²) in [7, 11) is -1.21. The second-order valence-electron chi connectivity index (χ2n) is 4.41. The summed E-state index contributed by atoms with van der Waals surface area (Å²) < 4.78 is 12.3. The first-order valence-electron chi connectivity index (χ1n) is 5.90. The minimum Gasteiger partial charge on any atom is -0.331 e. The number of hydrogen-bond acceptors (Lipinski definition) is 5. The molecule has 2 atom stereocenters. The van der Waals surface area contributed by atoms with Crippen molar-refractivity contribution in [3.05, 3.63) is 28.3 Å². The summed E-state index contributed by atoms with van der Waals surface area (Å²) in [5.74, 6) is 0. The van der Waals surface area contributed by atoms with Crippen LogP contribution in [0.15, 0.2) is 23.4 Å². The summed E-state index contributed by atoms with van der Waals surface area (Å²) in [6.45, 7) is 1.58. The Balaban J connectivity index is 0.00000147. The lowest BCUT2D eigenvalue weighted by molar-refractivity contribution is -0.384. The molecule has 3 rings (SSSR count). The first-order chi connectivity index (χ1) is 9.15. The van der Waals surface area contributed by atoms with Crippen LogP contribution in [-0.4, -0.2) is 37.4 Å². The summed E-state index contributed by atoms with van der Waals surface area (Å²) >= 11 is 0. The summed E-state index contributed by atoms with van der Waals surface area (Å²) in [5.41, 5.74) is 1.14. The minimum absolute atomic E-state index is 0. The molecule has 1 fully saturated rings. The lowest BCUT2D eigenvalue weighted by Crippen LogP contribution is -2.19. The van der Waals surface area contributed by atoms with Gasteiger partial charge in [0, 0.05) is 18.7 Å². The number of nitro groups is 1. The van der Waals surface area contributed by atoms with E-state index in [1.54, 1.807) is 6.07 Å². The first-order valence-corrected chi connectivity index (χ1v) is 7.12. The Morgan fingerprint density at radius 3 is 2.90 bits per heavy atom. The van der Waals surface area contributed by atoms with Crippen LogP contribution in [0.1, 0.15) is 6.42 Å². The second kappa shape index (κ2) is 5.86. The number of aromatic nitrogens is 2. The van der Waals surface area contributed by atoms with Gasteiger partial charge in [-0.3, -0.25) is 14.3 Å². The minimum atomic E-state index is -1.21. The average molecular weight is 317 g/mol. The van der Waals surface area contributed by atoms with Crippen molar-refractivity contribution in [1.82, 2.24) is 15.3 Å². The number of aromatic amines is 1. The standard InChI is InChI=1S/C11H12N4O3S.ClH/c16-15(17)7-1-2-9-10(5-7)14-11(13-9)19(18)8-3-4-12-6-8;/h1-2,5,8,12H,3-4,6H2,(H,13,14);1H/t8-,19+;/m1./s1. The van der Waals surface area contributed by atoms with E-state index >= 15 is 0 Å². The Hall–Kier alpha value is -1.51. The SMILES string of the molecule is Cl.O=[N+]([O-])c1ccc2nc([S@@](=O)[C@@H]3CCNC3)[nH]c2c1. The van der Waals surface area contributed by atoms with Gasteiger partial charge in [-0.1, -0.05) is 0 Å². The highest BCUT2D eigenvalue weighted by Gasteiger charge is 2.24. The van der Waals surface area contributed by atoms with E-state index < -0.39 is 15.7 Å². The normalized spacial score (nSPS) is 19.7. The van der Waals surface area contributed by atoms with Crippen molar-refractivity contribution in [2.45, 2.75) is 16.8 Å². The number of H-pyrrole nitrogens is 1. The Labute approximate surface area is 123 Å². The molecule has 1 saturated heterocycles. The van der Waals surface area contributed by atoms with Crippen molar-refractivity contribution >= 4 is 39.9 Å². The molecule has 0 unspecified atom stereocenters. The molecule has 2 N–H and O–H groups in total. The second-order valence-corrected chi connectivity index (χ2v) is 6.06. The van der Waals surface area contributed by atoms with Gasteiger partial charge in [-0.15, -0.1) is 12.4 Å². The number of hydrogen-bond donors (Lipinski definition) is 2. The van der Waals surface area contributed by atoms with Crippen LogP contribution in [0.2, 0.25) is 0 Å². The molecule has 1 aliphatic rings. The third-order valence-corrected chi connectivity index (χ3v) is 4.75. The van der Waals surface area contributed by atoms with Gasteiger partial charge in [0.05, 0.1) is 32.0 Å². The van der Waals surface area contributed by atoms with Crippen LogP contribution in [-0.2, 0) is 10.8 Å². The maximum absolute atomic E-state index is 12.3. The van der Waals surface area contributed by atoms with Gasteiger partial charge in [0.2, 0.25) is 0 Å². The molecule has 2 heterocycles. The predicted molar refractivity (Wildman–Crippen MR) is 77.7 cm³/mol. The fourth-order valence-electron chi connectivity index (χ4n) is 2.15. The Bertz CT molecular complexity index is 669. The lowest BCUT2D eigenvalue weighted by Gasteiger charge is -2.04. The molecular weight excluding hydrogens is 304 g/mol. The fraction of sp³-hybridized carbons (Fsp3) is 0.364. The highest BCUT2D eigenvalue weighted by molar-refractivity contribution is 7.85. The fourth-order valence-corrected chi connectivity index (χ4v) is 3.47. The van der Waals surface area contributed by atoms with E-state index in [4.69, 9.17) is 0 Å². The van der Waals surface area contributed by atoms with E-state index in [0.717, 1.165) is 13.0 Å². The van der Waals surface area contributed by atoms with Crippen molar-refractivity contribution in [3.63, 3.8) is 0 Å². The molecule has 0 amide bonds. The van der Waals surface area contributed by atoms with Crippen LogP contribution in [0.5, 0.6) is 0 Å². The molecule has 1 aromatic heterocycles. The number of halogens is 1. The summed E-state index contributed by atoms with van der Waals surface area (Å²) in [4.78, 5) is 17.4. The van der Waals surface area contributed by atoms with Gasteiger partial charge in [0.25, 0.3) is 5.69 Å². The van der Waals surface area contributed by atoms with E-state index in [1.807, 2.05) is 0 Å². The molecule has 7 nitrogen and oxygen atoms in total. The zero-order chi connectivity index (χ0) is 13.4. The maximum Gasteiger partial charge on any atom is 0.271 e. The monoisotopic (exact) mass is 316 g/mol. The van der Waals surface area contributed by atoms with Crippen LogP contribution in [0.25, 0.3) is 11.0 Å². The van der Waals surface area contributed by atoms with E-state index in [9.17, 15) is 14.3 Å². The van der Waals surface area contributed by atoms with Crippen LogP contribution >= 0.6 is 12.4 Å². The van der Waals surface area contributed by atoms with Gasteiger partial charge < -0.3 is 10.3 Å². The molecule has 2 aromatic rings. The van der Waals surface area contributed by atoms with Crippen molar-refractivity contribution in [2.24, 2.45) is 0 Å². The van der Waals surface area contributed by atoms with E-state index in [1.165, 1.54) is 12.1 Å². The van der Waals surface area contributed by atoms with Gasteiger partial charge in [-0.2, -0.15) is 0 Å². The Morgan fingerprint density at radius 1 is 1.45 bits per heavy atom. The van der Waals surface area contributed by atoms with E-state index in [0.29, 0.717) is 22.7 Å². The third kappa shape index (κ3) is 2.67. The summed E-state index contributed by atoms with van der Waals surface area (Å²) in [6.07, 6.45) is 0.851.